The predicted octanol–water partition coefficient (Wildman–Crippen LogP) is -12.1. The van der Waals surface area contributed by atoms with Crippen molar-refractivity contribution in [3.05, 3.63) is 0 Å². The van der Waals surface area contributed by atoms with Gasteiger partial charge in [-0.15, -0.1) is 0 Å². The Bertz CT molecular complexity index is 78.6. The van der Waals surface area contributed by atoms with Gasteiger partial charge in [0, 0.05) is 18.3 Å². The van der Waals surface area contributed by atoms with Crippen LogP contribution >= 0.6 is 0 Å². The molecule has 0 aromatic carbocycles. The van der Waals surface area contributed by atoms with E-state index >= 15 is 0 Å². The molecule has 0 aromatic heterocycles. The summed E-state index contributed by atoms with van der Waals surface area (Å²) in [5.74, 6) is 0. The molecule has 0 aliphatic rings. The Hall–Kier alpha value is 1.60. The van der Waals surface area contributed by atoms with Gasteiger partial charge >= 0.3 is 71.5 Å². The van der Waals surface area contributed by atoms with E-state index in [2.05, 4.69) is 0 Å². The predicted molar refractivity (Wildman–Crippen MR) is 18.6 cm³/mol. The average molecular weight is 206 g/mol. The van der Waals surface area contributed by atoms with E-state index < -0.39 is 18.3 Å². The third-order valence-corrected chi connectivity index (χ3v) is 0. The first-order valence-corrected chi connectivity index (χ1v) is 3.67. The molecule has 48 valence electrons. The molecule has 0 radical (unpaired) electrons. The molecule has 6 nitrogen and oxygen atoms in total. The maximum absolute atomic E-state index is 8.52. The molecule has 0 aliphatic heterocycles. The quantitative estimate of drug-likeness (QED) is 0.362. The minimum absolute atomic E-state index is 0. The maximum atomic E-state index is 8.52. The van der Waals surface area contributed by atoms with Crippen molar-refractivity contribution in [2.24, 2.45) is 0 Å². The van der Waals surface area contributed by atoms with E-state index in [4.69, 9.17) is 28.1 Å². The Morgan fingerprint density at radius 2 is 0.818 bits per heavy atom. The van der Waals surface area contributed by atoms with Gasteiger partial charge in [-0.3, -0.25) is 0 Å². The van der Waals surface area contributed by atoms with Gasteiger partial charge in [0.25, 0.3) is 0 Å². The van der Waals surface area contributed by atoms with Gasteiger partial charge in [0.15, 0.2) is 0 Å². The first kappa shape index (κ1) is 29.4. The van der Waals surface area contributed by atoms with Gasteiger partial charge < -0.3 is 28.1 Å². The maximum Gasteiger partial charge on any atom is 2.00 e. The van der Waals surface area contributed by atoms with Gasteiger partial charge in [-0.1, -0.05) is 0 Å². The molecule has 0 heterocycles. The van der Waals surface area contributed by atoms with Crippen molar-refractivity contribution in [2.75, 3.05) is 0 Å². The second kappa shape index (κ2) is 22.6. The monoisotopic (exact) mass is 206 g/mol. The smallest absolute Gasteiger partial charge is 0.672 e. The Balaban J connectivity index is -0.0000000171. The topological polar surface area (TPSA) is 126 Å². The van der Waals surface area contributed by atoms with Gasteiger partial charge in [-0.05, 0) is 0 Å². The van der Waals surface area contributed by atoms with Gasteiger partial charge in [-0.25, -0.2) is 0 Å². The summed E-state index contributed by atoms with van der Waals surface area (Å²) in [5, 5.41) is 0. The second-order valence-electron chi connectivity index (χ2n) is 0.500. The fourth-order valence-electron chi connectivity index (χ4n) is 0. The van der Waals surface area contributed by atoms with Crippen LogP contribution in [0.1, 0.15) is 0 Å². The summed E-state index contributed by atoms with van der Waals surface area (Å²) in [7, 11) is -7.26. The molecule has 0 atom stereocenters. The summed E-state index contributed by atoms with van der Waals surface area (Å²) in [4.78, 5) is 34.1. The molecule has 11 heavy (non-hydrogen) atoms. The Kier molecular flexibility index (Phi) is 60.2. The first-order valence-electron chi connectivity index (χ1n) is 1.22. The molecule has 0 fully saturated rings. The van der Waals surface area contributed by atoms with Crippen LogP contribution in [0, 0.1) is 0 Å². The van der Waals surface area contributed by atoms with Gasteiger partial charge in [0.1, 0.15) is 0 Å². The molecule has 0 unspecified atom stereocenters. The van der Waals surface area contributed by atoms with E-state index in [1.165, 1.54) is 0 Å². The number of hydrogen-bond donors (Lipinski definition) is 0. The Labute approximate surface area is 116 Å². The summed E-state index contributed by atoms with van der Waals surface area (Å²) in [6.45, 7) is 0. The number of hydrogen-bond acceptors (Lipinski definition) is 6. The summed E-state index contributed by atoms with van der Waals surface area (Å²) in [6.07, 6.45) is 0. The fourth-order valence-corrected chi connectivity index (χ4v) is 0. The van der Waals surface area contributed by atoms with Crippen LogP contribution in [0.15, 0.2) is 0 Å². The summed E-state index contributed by atoms with van der Waals surface area (Å²) in [6, 6.07) is 0. The molecule has 0 bridgehead atoms. The van der Waals surface area contributed by atoms with E-state index in [1.807, 2.05) is 0 Å². The SMILES string of the molecule is O=[Si]([O-])[O-].O=[Si]([O-])[O-].[Li+].[Mg+2].[Na+]. The molecule has 0 amide bonds. The van der Waals surface area contributed by atoms with Crippen LogP contribution in [0.4, 0.5) is 0 Å². The summed E-state index contributed by atoms with van der Waals surface area (Å²) >= 11 is 0. The minimum atomic E-state index is -3.63. The standard InChI is InChI=1S/Li.Mg.Na.2O3Si/c;;;2*1-4(2)3/q+1;+2;+1;2*-2. The molecule has 0 saturated heterocycles. The molecule has 0 saturated carbocycles. The van der Waals surface area contributed by atoms with Crippen molar-refractivity contribution >= 4 is 41.4 Å². The number of rotatable bonds is 0. The van der Waals surface area contributed by atoms with Crippen molar-refractivity contribution in [3.8, 4) is 0 Å². The zero-order valence-electron chi connectivity index (χ0n) is 6.16. The Morgan fingerprint density at radius 1 is 0.818 bits per heavy atom. The van der Waals surface area contributed by atoms with Crippen molar-refractivity contribution in [1.29, 1.82) is 0 Å². The molecular formula is LiMgNaO6Si2. The van der Waals surface area contributed by atoms with Crippen molar-refractivity contribution in [1.82, 2.24) is 0 Å². The van der Waals surface area contributed by atoms with E-state index in [0.717, 1.165) is 0 Å². The largest absolute Gasteiger partial charge is 2.00 e. The average Bonchev–Trinajstić information content (AvgIpc) is 1.25. The summed E-state index contributed by atoms with van der Waals surface area (Å²) < 4.78 is 17.0. The second-order valence-corrected chi connectivity index (χ2v) is 1.50. The van der Waals surface area contributed by atoms with Crippen LogP contribution in [-0.2, 0) is 8.92 Å². The van der Waals surface area contributed by atoms with E-state index in [9.17, 15) is 0 Å². The van der Waals surface area contributed by atoms with Gasteiger partial charge in [0.05, 0.1) is 0 Å². The molecule has 0 rings (SSSR count). The molecule has 0 aromatic rings. The fraction of sp³-hybridized carbons (Fsp3) is 0. The molecular weight excluding hydrogens is 206 g/mol. The Morgan fingerprint density at radius 3 is 0.818 bits per heavy atom. The van der Waals surface area contributed by atoms with E-state index in [-0.39, 0.29) is 71.5 Å². The third-order valence-electron chi connectivity index (χ3n) is 0. The van der Waals surface area contributed by atoms with Crippen molar-refractivity contribution < 1.29 is 76.5 Å². The van der Waals surface area contributed by atoms with Gasteiger partial charge in [0.2, 0.25) is 0 Å². The zero-order valence-corrected chi connectivity index (χ0v) is 11.6. The van der Waals surface area contributed by atoms with Crippen LogP contribution in [0.25, 0.3) is 0 Å². The van der Waals surface area contributed by atoms with Crippen LogP contribution in [0.3, 0.4) is 0 Å². The van der Waals surface area contributed by atoms with Crippen LogP contribution < -0.4 is 67.6 Å². The van der Waals surface area contributed by atoms with Crippen molar-refractivity contribution in [3.63, 3.8) is 0 Å². The molecule has 0 N–H and O–H groups in total. The van der Waals surface area contributed by atoms with Gasteiger partial charge in [-0.2, -0.15) is 0 Å². The van der Waals surface area contributed by atoms with Crippen LogP contribution in [0.5, 0.6) is 0 Å². The third kappa shape index (κ3) is 419. The van der Waals surface area contributed by atoms with E-state index in [1.54, 1.807) is 0 Å². The molecule has 0 aliphatic carbocycles. The van der Waals surface area contributed by atoms with Crippen LogP contribution in [-0.4, -0.2) is 41.4 Å². The normalized spacial score (nSPS) is 4.36. The van der Waals surface area contributed by atoms with Crippen molar-refractivity contribution in [2.45, 2.75) is 0 Å². The summed E-state index contributed by atoms with van der Waals surface area (Å²) in [5.41, 5.74) is 0. The van der Waals surface area contributed by atoms with E-state index in [0.29, 0.717) is 0 Å². The first-order chi connectivity index (χ1) is 3.46. The molecule has 11 heteroatoms. The minimum Gasteiger partial charge on any atom is -0.672 e. The zero-order chi connectivity index (χ0) is 7.15. The van der Waals surface area contributed by atoms with Crippen LogP contribution in [0.2, 0.25) is 0 Å². The molecule has 0 spiro atoms.